The van der Waals surface area contributed by atoms with Crippen LogP contribution < -0.4 is 5.32 Å². The summed E-state index contributed by atoms with van der Waals surface area (Å²) in [6.07, 6.45) is 1.16. The van der Waals surface area contributed by atoms with Gasteiger partial charge in [0.15, 0.2) is 11.6 Å². The normalized spacial score (nSPS) is 16.4. The molecule has 0 radical (unpaired) electrons. The summed E-state index contributed by atoms with van der Waals surface area (Å²) in [6, 6.07) is 11.9. The van der Waals surface area contributed by atoms with Crippen LogP contribution in [0.4, 0.5) is 20.3 Å². The zero-order valence-electron chi connectivity index (χ0n) is 14.2. The van der Waals surface area contributed by atoms with E-state index >= 15 is 0 Å². The second kappa shape index (κ2) is 6.37. The SMILES string of the molecule is C[C@@H]1CC(=O)c2c(Nc3ccc(F)cc3)nn(-c3ccc(F)cc3)c2C1. The Kier molecular flexibility index (Phi) is 4.03. The maximum absolute atomic E-state index is 13.3. The van der Waals surface area contributed by atoms with Crippen molar-refractivity contribution in [1.29, 1.82) is 0 Å². The van der Waals surface area contributed by atoms with Crippen LogP contribution in [0.25, 0.3) is 5.69 Å². The molecule has 0 aliphatic heterocycles. The van der Waals surface area contributed by atoms with E-state index in [2.05, 4.69) is 10.4 Å². The number of carbonyl (C=O) groups is 1. The number of carbonyl (C=O) groups excluding carboxylic acids is 1. The molecular weight excluding hydrogens is 336 g/mol. The summed E-state index contributed by atoms with van der Waals surface area (Å²) in [5.41, 5.74) is 2.70. The number of ketones is 1. The fraction of sp³-hybridized carbons (Fsp3) is 0.200. The predicted molar refractivity (Wildman–Crippen MR) is 95.0 cm³/mol. The topological polar surface area (TPSA) is 46.9 Å². The van der Waals surface area contributed by atoms with Crippen molar-refractivity contribution in [2.45, 2.75) is 19.8 Å². The van der Waals surface area contributed by atoms with Gasteiger partial charge < -0.3 is 5.32 Å². The first-order chi connectivity index (χ1) is 12.5. The Hall–Kier alpha value is -3.02. The zero-order valence-corrected chi connectivity index (χ0v) is 14.2. The minimum absolute atomic E-state index is 0.0247. The highest BCUT2D eigenvalue weighted by atomic mass is 19.1. The number of hydrogen-bond donors (Lipinski definition) is 1. The molecule has 132 valence electrons. The monoisotopic (exact) mass is 353 g/mol. The number of nitrogens with one attached hydrogen (secondary N) is 1. The van der Waals surface area contributed by atoms with Gasteiger partial charge >= 0.3 is 0 Å². The quantitative estimate of drug-likeness (QED) is 0.745. The summed E-state index contributed by atoms with van der Waals surface area (Å²) in [4.78, 5) is 12.6. The van der Waals surface area contributed by atoms with E-state index in [-0.39, 0.29) is 23.3 Å². The lowest BCUT2D eigenvalue weighted by atomic mass is 9.87. The van der Waals surface area contributed by atoms with Gasteiger partial charge in [0.1, 0.15) is 11.6 Å². The molecule has 0 fully saturated rings. The minimum Gasteiger partial charge on any atom is -0.338 e. The third-order valence-electron chi connectivity index (χ3n) is 4.51. The lowest BCUT2D eigenvalue weighted by Crippen LogP contribution is -2.19. The second-order valence-corrected chi connectivity index (χ2v) is 6.63. The van der Waals surface area contributed by atoms with E-state index in [0.29, 0.717) is 35.6 Å². The molecule has 4 rings (SSSR count). The van der Waals surface area contributed by atoms with Crippen LogP contribution in [0.5, 0.6) is 0 Å². The molecule has 1 aliphatic rings. The number of anilines is 2. The molecule has 2 aromatic carbocycles. The van der Waals surface area contributed by atoms with Crippen molar-refractivity contribution in [2.75, 3.05) is 5.32 Å². The van der Waals surface area contributed by atoms with Gasteiger partial charge in [0, 0.05) is 12.1 Å². The van der Waals surface area contributed by atoms with Gasteiger partial charge in [0.25, 0.3) is 0 Å². The molecule has 0 saturated heterocycles. The lowest BCUT2D eigenvalue weighted by molar-refractivity contribution is 0.0953. The van der Waals surface area contributed by atoms with Crippen LogP contribution in [0.15, 0.2) is 48.5 Å². The number of hydrogen-bond acceptors (Lipinski definition) is 3. The van der Waals surface area contributed by atoms with Crippen LogP contribution in [-0.4, -0.2) is 15.6 Å². The van der Waals surface area contributed by atoms with Gasteiger partial charge in [-0.1, -0.05) is 6.92 Å². The van der Waals surface area contributed by atoms with Crippen LogP contribution in [0.2, 0.25) is 0 Å². The van der Waals surface area contributed by atoms with Crippen LogP contribution in [0, 0.1) is 17.6 Å². The highest BCUT2D eigenvalue weighted by molar-refractivity contribution is 6.03. The average molecular weight is 353 g/mol. The Balaban J connectivity index is 1.81. The van der Waals surface area contributed by atoms with E-state index in [0.717, 1.165) is 5.69 Å². The molecule has 1 atom stereocenters. The third-order valence-corrected chi connectivity index (χ3v) is 4.51. The van der Waals surface area contributed by atoms with Gasteiger partial charge in [-0.05, 0) is 60.9 Å². The van der Waals surface area contributed by atoms with E-state index in [1.807, 2.05) is 6.92 Å². The molecule has 6 heteroatoms. The molecule has 1 aliphatic carbocycles. The van der Waals surface area contributed by atoms with E-state index in [1.54, 1.807) is 28.9 Å². The number of aromatic nitrogens is 2. The lowest BCUT2D eigenvalue weighted by Gasteiger charge is -2.19. The Labute approximate surface area is 149 Å². The van der Waals surface area contributed by atoms with Crippen molar-refractivity contribution in [2.24, 2.45) is 5.92 Å². The van der Waals surface area contributed by atoms with Crippen LogP contribution in [-0.2, 0) is 6.42 Å². The molecule has 0 unspecified atom stereocenters. The fourth-order valence-corrected chi connectivity index (χ4v) is 3.31. The molecule has 0 spiro atoms. The highest BCUT2D eigenvalue weighted by Gasteiger charge is 2.31. The van der Waals surface area contributed by atoms with Crippen LogP contribution >= 0.6 is 0 Å². The Bertz CT molecular complexity index is 962. The highest BCUT2D eigenvalue weighted by Crippen LogP contribution is 2.33. The van der Waals surface area contributed by atoms with Gasteiger partial charge in [0.05, 0.1) is 16.9 Å². The van der Waals surface area contributed by atoms with Crippen molar-refractivity contribution < 1.29 is 13.6 Å². The predicted octanol–water partition coefficient (Wildman–Crippen LogP) is 4.66. The molecule has 0 bridgehead atoms. The zero-order chi connectivity index (χ0) is 18.3. The van der Waals surface area contributed by atoms with Gasteiger partial charge in [-0.3, -0.25) is 4.79 Å². The number of halogens is 2. The standard InChI is InChI=1S/C20H17F2N3O/c1-12-10-17-19(18(26)11-12)20(23-15-6-2-13(21)3-7-15)24-25(17)16-8-4-14(22)5-9-16/h2-9,12H,10-11H2,1H3,(H,23,24)/t12-/m0/s1. The summed E-state index contributed by atoms with van der Waals surface area (Å²) >= 11 is 0. The van der Waals surface area contributed by atoms with Crippen molar-refractivity contribution in [3.8, 4) is 5.69 Å². The van der Waals surface area contributed by atoms with Crippen molar-refractivity contribution in [3.63, 3.8) is 0 Å². The molecule has 1 aromatic heterocycles. The van der Waals surface area contributed by atoms with Gasteiger partial charge in [-0.2, -0.15) is 0 Å². The molecule has 26 heavy (non-hydrogen) atoms. The third kappa shape index (κ3) is 2.98. The summed E-state index contributed by atoms with van der Waals surface area (Å²) in [5.74, 6) is 0.0114. The number of rotatable bonds is 3. The average Bonchev–Trinajstić information content (AvgIpc) is 2.96. The first-order valence-electron chi connectivity index (χ1n) is 8.45. The second-order valence-electron chi connectivity index (χ2n) is 6.63. The largest absolute Gasteiger partial charge is 0.338 e. The van der Waals surface area contributed by atoms with E-state index in [9.17, 15) is 13.6 Å². The van der Waals surface area contributed by atoms with E-state index in [1.165, 1.54) is 24.3 Å². The Morgan fingerprint density at radius 1 is 1.00 bits per heavy atom. The summed E-state index contributed by atoms with van der Waals surface area (Å²) in [7, 11) is 0. The molecular formula is C20H17F2N3O. The summed E-state index contributed by atoms with van der Waals surface area (Å²) < 4.78 is 28.1. The maximum Gasteiger partial charge on any atom is 0.168 e. The number of fused-ring (bicyclic) bond motifs is 1. The van der Waals surface area contributed by atoms with E-state index < -0.39 is 0 Å². The first kappa shape index (κ1) is 16.4. The minimum atomic E-state index is -0.334. The van der Waals surface area contributed by atoms with Crippen LogP contribution in [0.3, 0.4) is 0 Å². The molecule has 3 aromatic rings. The van der Waals surface area contributed by atoms with E-state index in [4.69, 9.17) is 0 Å². The molecule has 1 heterocycles. The summed E-state index contributed by atoms with van der Waals surface area (Å²) in [6.45, 7) is 2.02. The summed E-state index contributed by atoms with van der Waals surface area (Å²) in [5, 5.41) is 7.68. The maximum atomic E-state index is 13.3. The van der Waals surface area contributed by atoms with Crippen molar-refractivity contribution >= 4 is 17.3 Å². The molecule has 0 amide bonds. The first-order valence-corrected chi connectivity index (χ1v) is 8.45. The Morgan fingerprint density at radius 3 is 2.27 bits per heavy atom. The molecule has 4 nitrogen and oxygen atoms in total. The van der Waals surface area contributed by atoms with Crippen molar-refractivity contribution in [1.82, 2.24) is 9.78 Å². The molecule has 1 N–H and O–H groups in total. The number of benzene rings is 2. The molecule has 0 saturated carbocycles. The fourth-order valence-electron chi connectivity index (χ4n) is 3.31. The van der Waals surface area contributed by atoms with Crippen LogP contribution in [0.1, 0.15) is 29.4 Å². The van der Waals surface area contributed by atoms with Crippen molar-refractivity contribution in [3.05, 3.63) is 71.4 Å². The smallest absolute Gasteiger partial charge is 0.168 e. The number of nitrogens with zero attached hydrogens (tertiary/aromatic N) is 2. The Morgan fingerprint density at radius 2 is 1.62 bits per heavy atom. The number of Topliss-reactive ketones (excluding diaryl/α,β-unsaturated/α-hetero) is 1. The van der Waals surface area contributed by atoms with Gasteiger partial charge in [0.2, 0.25) is 0 Å². The van der Waals surface area contributed by atoms with Gasteiger partial charge in [-0.25, -0.2) is 13.5 Å². The van der Waals surface area contributed by atoms with Gasteiger partial charge in [-0.15, -0.1) is 5.10 Å².